The Kier molecular flexibility index (Phi) is 3.19. The van der Waals surface area contributed by atoms with E-state index in [1.165, 1.54) is 18.5 Å². The number of aryl methyl sites for hydroxylation is 1. The summed E-state index contributed by atoms with van der Waals surface area (Å²) in [6, 6.07) is 6.40. The molecule has 1 N–H and O–H groups in total. The SMILES string of the molecule is Cn1ccc(-c2nc3[nH]ccc(=O)c3cc2-c2ccncc2F)n1. The molecule has 0 atom stereocenters. The summed E-state index contributed by atoms with van der Waals surface area (Å²) in [6.07, 6.45) is 5.95. The fourth-order valence-electron chi connectivity index (χ4n) is 2.63. The fourth-order valence-corrected chi connectivity index (χ4v) is 2.63. The minimum atomic E-state index is -0.483. The fraction of sp³-hybridized carbons (Fsp3) is 0.0588. The Balaban J connectivity index is 2.11. The molecule has 4 rings (SSSR count). The second kappa shape index (κ2) is 5.38. The molecule has 0 saturated carbocycles. The van der Waals surface area contributed by atoms with E-state index in [0.29, 0.717) is 33.5 Å². The van der Waals surface area contributed by atoms with Gasteiger partial charge in [-0.25, -0.2) is 9.37 Å². The summed E-state index contributed by atoms with van der Waals surface area (Å²) in [6.45, 7) is 0. The van der Waals surface area contributed by atoms with Crippen molar-refractivity contribution in [2.75, 3.05) is 0 Å². The summed E-state index contributed by atoms with van der Waals surface area (Å²) in [7, 11) is 1.79. The normalized spacial score (nSPS) is 11.1. The lowest BCUT2D eigenvalue weighted by molar-refractivity contribution is 0.625. The van der Waals surface area contributed by atoms with Gasteiger partial charge in [-0.2, -0.15) is 5.10 Å². The molecule has 0 saturated heterocycles. The lowest BCUT2D eigenvalue weighted by atomic mass is 10.0. The number of hydrogen-bond donors (Lipinski definition) is 1. The van der Waals surface area contributed by atoms with Crippen LogP contribution in [0.4, 0.5) is 4.39 Å². The standard InChI is InChI=1S/C17H12FN5O/c1-23-7-4-14(22-23)16-11(10-2-5-19-9-13(10)18)8-12-15(24)3-6-20-17(12)21-16/h2-9H,1H3,(H,20,21,24). The van der Waals surface area contributed by atoms with Gasteiger partial charge in [0.05, 0.1) is 11.6 Å². The molecule has 0 bridgehead atoms. The molecule has 0 aliphatic heterocycles. The van der Waals surface area contributed by atoms with Crippen molar-refractivity contribution in [3.63, 3.8) is 0 Å². The minimum Gasteiger partial charge on any atom is -0.346 e. The molecule has 0 aliphatic rings. The number of hydrogen-bond acceptors (Lipinski definition) is 4. The topological polar surface area (TPSA) is 76.5 Å². The Bertz CT molecular complexity index is 1120. The third-order valence-electron chi connectivity index (χ3n) is 3.76. The Labute approximate surface area is 135 Å². The molecule has 0 aromatic carbocycles. The molecule has 0 spiro atoms. The summed E-state index contributed by atoms with van der Waals surface area (Å²) < 4.78 is 15.9. The third kappa shape index (κ3) is 2.26. The molecule has 0 fully saturated rings. The predicted molar refractivity (Wildman–Crippen MR) is 87.8 cm³/mol. The highest BCUT2D eigenvalue weighted by molar-refractivity contribution is 5.89. The molecule has 4 aromatic rings. The molecule has 0 amide bonds. The summed E-state index contributed by atoms with van der Waals surface area (Å²) in [5.41, 5.74) is 2.16. The van der Waals surface area contributed by atoms with Crippen molar-refractivity contribution in [3.05, 3.63) is 65.1 Å². The van der Waals surface area contributed by atoms with Crippen molar-refractivity contribution in [3.8, 4) is 22.5 Å². The first-order chi connectivity index (χ1) is 11.6. The molecule has 0 unspecified atom stereocenters. The van der Waals surface area contributed by atoms with E-state index in [0.717, 1.165) is 6.20 Å². The predicted octanol–water partition coefficient (Wildman–Crippen LogP) is 2.52. The number of nitrogens with zero attached hydrogens (tertiary/aromatic N) is 4. The molecular weight excluding hydrogens is 309 g/mol. The van der Waals surface area contributed by atoms with Crippen molar-refractivity contribution in [1.82, 2.24) is 24.7 Å². The Morgan fingerprint density at radius 3 is 2.83 bits per heavy atom. The van der Waals surface area contributed by atoms with Gasteiger partial charge in [-0.05, 0) is 18.2 Å². The molecule has 4 aromatic heterocycles. The van der Waals surface area contributed by atoms with Gasteiger partial charge in [-0.15, -0.1) is 0 Å². The number of halogens is 1. The number of nitrogens with one attached hydrogen (secondary N) is 1. The highest BCUT2D eigenvalue weighted by Gasteiger charge is 2.17. The van der Waals surface area contributed by atoms with E-state index in [2.05, 4.69) is 20.1 Å². The maximum Gasteiger partial charge on any atom is 0.191 e. The molecule has 118 valence electrons. The molecule has 7 heteroatoms. The summed E-state index contributed by atoms with van der Waals surface area (Å²) in [4.78, 5) is 23.4. The summed E-state index contributed by atoms with van der Waals surface area (Å²) in [5.74, 6) is -0.483. The largest absolute Gasteiger partial charge is 0.346 e. The maximum absolute atomic E-state index is 14.3. The van der Waals surface area contributed by atoms with Crippen LogP contribution >= 0.6 is 0 Å². The van der Waals surface area contributed by atoms with Gasteiger partial charge in [0.2, 0.25) is 0 Å². The number of fused-ring (bicyclic) bond motifs is 1. The first-order valence-corrected chi connectivity index (χ1v) is 7.26. The molecule has 0 radical (unpaired) electrons. The van der Waals surface area contributed by atoms with Gasteiger partial charge >= 0.3 is 0 Å². The van der Waals surface area contributed by atoms with Crippen LogP contribution in [-0.2, 0) is 7.05 Å². The minimum absolute atomic E-state index is 0.181. The number of aromatic nitrogens is 5. The van der Waals surface area contributed by atoms with Crippen molar-refractivity contribution in [2.45, 2.75) is 0 Å². The van der Waals surface area contributed by atoms with Gasteiger partial charge in [-0.1, -0.05) is 0 Å². The second-order valence-corrected chi connectivity index (χ2v) is 5.35. The molecular formula is C17H12FN5O. The van der Waals surface area contributed by atoms with Crippen LogP contribution in [0.15, 0.2) is 53.8 Å². The van der Waals surface area contributed by atoms with E-state index >= 15 is 0 Å². The van der Waals surface area contributed by atoms with Crippen molar-refractivity contribution >= 4 is 11.0 Å². The third-order valence-corrected chi connectivity index (χ3v) is 3.76. The Morgan fingerprint density at radius 2 is 2.08 bits per heavy atom. The van der Waals surface area contributed by atoms with E-state index in [9.17, 15) is 9.18 Å². The molecule has 6 nitrogen and oxygen atoms in total. The van der Waals surface area contributed by atoms with Gasteiger partial charge in [0.25, 0.3) is 0 Å². The van der Waals surface area contributed by atoms with Gasteiger partial charge in [0.15, 0.2) is 5.43 Å². The zero-order valence-corrected chi connectivity index (χ0v) is 12.7. The van der Waals surface area contributed by atoms with Crippen LogP contribution in [0.25, 0.3) is 33.5 Å². The maximum atomic E-state index is 14.3. The quantitative estimate of drug-likeness (QED) is 0.615. The van der Waals surface area contributed by atoms with Crippen LogP contribution < -0.4 is 5.43 Å². The second-order valence-electron chi connectivity index (χ2n) is 5.35. The smallest absolute Gasteiger partial charge is 0.191 e. The molecule has 4 heterocycles. The number of rotatable bonds is 2. The van der Waals surface area contributed by atoms with E-state index in [-0.39, 0.29) is 5.43 Å². The number of H-pyrrole nitrogens is 1. The average molecular weight is 321 g/mol. The number of aromatic amines is 1. The zero-order valence-electron chi connectivity index (χ0n) is 12.7. The van der Waals surface area contributed by atoms with Crippen LogP contribution in [0.1, 0.15) is 0 Å². The van der Waals surface area contributed by atoms with E-state index in [1.807, 2.05) is 0 Å². The first kappa shape index (κ1) is 14.3. The molecule has 24 heavy (non-hydrogen) atoms. The van der Waals surface area contributed by atoms with Crippen molar-refractivity contribution in [1.29, 1.82) is 0 Å². The van der Waals surface area contributed by atoms with Crippen molar-refractivity contribution in [2.24, 2.45) is 7.05 Å². The monoisotopic (exact) mass is 321 g/mol. The van der Waals surface area contributed by atoms with Gasteiger partial charge < -0.3 is 4.98 Å². The zero-order chi connectivity index (χ0) is 16.7. The van der Waals surface area contributed by atoms with Crippen LogP contribution in [0.3, 0.4) is 0 Å². The lowest BCUT2D eigenvalue weighted by Crippen LogP contribution is -2.04. The van der Waals surface area contributed by atoms with E-state index in [1.54, 1.807) is 36.1 Å². The van der Waals surface area contributed by atoms with E-state index in [4.69, 9.17) is 0 Å². The number of pyridine rings is 3. The van der Waals surface area contributed by atoms with Crippen molar-refractivity contribution < 1.29 is 4.39 Å². The van der Waals surface area contributed by atoms with Gasteiger partial charge in [0, 0.05) is 42.8 Å². The molecule has 0 aliphatic carbocycles. The van der Waals surface area contributed by atoms with Crippen LogP contribution in [0, 0.1) is 5.82 Å². The van der Waals surface area contributed by atoms with Crippen LogP contribution in [0.5, 0.6) is 0 Å². The summed E-state index contributed by atoms with van der Waals surface area (Å²) >= 11 is 0. The average Bonchev–Trinajstić information content (AvgIpc) is 3.01. The highest BCUT2D eigenvalue weighted by Crippen LogP contribution is 2.32. The Hall–Kier alpha value is -3.35. The first-order valence-electron chi connectivity index (χ1n) is 7.26. The van der Waals surface area contributed by atoms with Crippen LogP contribution in [0.2, 0.25) is 0 Å². The van der Waals surface area contributed by atoms with Crippen LogP contribution in [-0.4, -0.2) is 24.7 Å². The van der Waals surface area contributed by atoms with Gasteiger partial charge in [0.1, 0.15) is 22.9 Å². The Morgan fingerprint density at radius 1 is 1.21 bits per heavy atom. The summed E-state index contributed by atoms with van der Waals surface area (Å²) in [5, 5.41) is 4.74. The van der Waals surface area contributed by atoms with E-state index < -0.39 is 5.82 Å². The highest BCUT2D eigenvalue weighted by atomic mass is 19.1. The van der Waals surface area contributed by atoms with Gasteiger partial charge in [-0.3, -0.25) is 14.5 Å². The lowest BCUT2D eigenvalue weighted by Gasteiger charge is -2.09.